The van der Waals surface area contributed by atoms with Gasteiger partial charge in [0.05, 0.1) is 49.5 Å². The highest BCUT2D eigenvalue weighted by Gasteiger charge is 2.45. The topological polar surface area (TPSA) is 125 Å². The van der Waals surface area contributed by atoms with E-state index in [1.54, 1.807) is 29.7 Å². The molecule has 1 saturated heterocycles. The predicted molar refractivity (Wildman–Crippen MR) is 122 cm³/mol. The molecule has 1 aliphatic rings. The number of rotatable bonds is 6. The summed E-state index contributed by atoms with van der Waals surface area (Å²) in [5.74, 6) is -2.29. The van der Waals surface area contributed by atoms with E-state index in [9.17, 15) is 24.8 Å². The zero-order valence-electron chi connectivity index (χ0n) is 19.4. The van der Waals surface area contributed by atoms with Crippen molar-refractivity contribution in [1.29, 1.82) is 0 Å². The number of Topliss-reactive ketones (excluding diaryl/α,β-unsaturated/α-hetero) is 1. The fourth-order valence-corrected chi connectivity index (χ4v) is 4.32. The first-order valence-electron chi connectivity index (χ1n) is 10.9. The number of non-ortho nitro benzene ring substituents is 1. The lowest BCUT2D eigenvalue weighted by molar-refractivity contribution is -0.857. The Bertz CT molecular complexity index is 1360. The third kappa shape index (κ3) is 3.81. The van der Waals surface area contributed by atoms with Crippen LogP contribution in [0.4, 0.5) is 5.69 Å². The largest absolute Gasteiger partial charge is 0.871 e. The molecule has 1 aliphatic heterocycles. The van der Waals surface area contributed by atoms with Crippen molar-refractivity contribution in [1.82, 2.24) is 14.3 Å². The minimum absolute atomic E-state index is 0.184. The van der Waals surface area contributed by atoms with Gasteiger partial charge in [-0.05, 0) is 31.0 Å². The van der Waals surface area contributed by atoms with E-state index in [-0.39, 0.29) is 23.5 Å². The van der Waals surface area contributed by atoms with Gasteiger partial charge in [-0.1, -0.05) is 24.0 Å². The third-order valence-electron chi connectivity index (χ3n) is 6.01. The molecule has 0 aliphatic carbocycles. The number of hydrogen-bond acceptors (Lipinski definition) is 6. The maximum absolute atomic E-state index is 13.9. The number of carbonyl (C=O) groups is 2. The molecule has 34 heavy (non-hydrogen) atoms. The predicted octanol–water partition coefficient (Wildman–Crippen LogP) is 0.228. The molecular formula is C24H25N5O5. The van der Waals surface area contributed by atoms with Crippen molar-refractivity contribution in [2.45, 2.75) is 19.9 Å². The summed E-state index contributed by atoms with van der Waals surface area (Å²) in [6, 6.07) is 8.34. The van der Waals surface area contributed by atoms with Crippen LogP contribution < -0.4 is 10.0 Å². The number of likely N-dealkylation sites (tertiary alicyclic amines) is 1. The van der Waals surface area contributed by atoms with E-state index < -0.39 is 28.4 Å². The van der Waals surface area contributed by atoms with Gasteiger partial charge in [-0.25, -0.2) is 4.98 Å². The van der Waals surface area contributed by atoms with Crippen LogP contribution in [0.1, 0.15) is 28.6 Å². The molecule has 10 nitrogen and oxygen atoms in total. The number of likely N-dealkylation sites (N-methyl/N-ethyl adjacent to an activating group) is 1. The van der Waals surface area contributed by atoms with Crippen LogP contribution in [0.5, 0.6) is 0 Å². The Hall–Kier alpha value is -4.05. The molecular weight excluding hydrogens is 438 g/mol. The monoisotopic (exact) mass is 463 g/mol. The van der Waals surface area contributed by atoms with E-state index in [2.05, 4.69) is 4.98 Å². The molecule has 0 bridgehead atoms. The van der Waals surface area contributed by atoms with Crippen LogP contribution >= 0.6 is 0 Å². The molecule has 10 heteroatoms. The molecule has 0 spiro atoms. The van der Waals surface area contributed by atoms with E-state index in [0.717, 1.165) is 10.5 Å². The number of aromatic nitrogens is 2. The van der Waals surface area contributed by atoms with Gasteiger partial charge in [-0.15, -0.1) is 0 Å². The second-order valence-corrected chi connectivity index (χ2v) is 8.71. The van der Waals surface area contributed by atoms with E-state index in [0.29, 0.717) is 23.4 Å². The van der Waals surface area contributed by atoms with Gasteiger partial charge in [0.1, 0.15) is 5.65 Å². The molecule has 3 aromatic rings. The molecule has 1 N–H and O–H groups in total. The maximum Gasteiger partial charge on any atom is 0.295 e. The Morgan fingerprint density at radius 1 is 1.18 bits per heavy atom. The number of amides is 1. The first kappa shape index (κ1) is 23.1. The number of nitro groups is 1. The number of imidazole rings is 1. The Morgan fingerprint density at radius 2 is 1.91 bits per heavy atom. The number of quaternary nitrogens is 1. The second-order valence-electron chi connectivity index (χ2n) is 8.71. The summed E-state index contributed by atoms with van der Waals surface area (Å²) >= 11 is 0. The summed E-state index contributed by atoms with van der Waals surface area (Å²) in [5.41, 5.74) is 2.01. The lowest BCUT2D eigenvalue weighted by atomic mass is 9.96. The average molecular weight is 463 g/mol. The van der Waals surface area contributed by atoms with E-state index >= 15 is 0 Å². The highest BCUT2D eigenvalue weighted by Crippen LogP contribution is 2.39. The third-order valence-corrected chi connectivity index (χ3v) is 6.01. The van der Waals surface area contributed by atoms with Gasteiger partial charge in [0.2, 0.25) is 5.78 Å². The Balaban J connectivity index is 1.96. The fraction of sp³-hybridized carbons (Fsp3) is 0.292. The van der Waals surface area contributed by atoms with Crippen molar-refractivity contribution in [3.05, 3.63) is 80.8 Å². The number of aryl methyl sites for hydroxylation is 2. The average Bonchev–Trinajstić information content (AvgIpc) is 3.26. The summed E-state index contributed by atoms with van der Waals surface area (Å²) in [6.07, 6.45) is 1.69. The highest BCUT2D eigenvalue weighted by atomic mass is 16.6. The van der Waals surface area contributed by atoms with Crippen molar-refractivity contribution in [3.63, 3.8) is 0 Å². The number of ketones is 1. The van der Waals surface area contributed by atoms with E-state index in [1.807, 2.05) is 27.1 Å². The first-order valence-corrected chi connectivity index (χ1v) is 10.9. The van der Waals surface area contributed by atoms with Gasteiger partial charge in [0.15, 0.2) is 0 Å². The van der Waals surface area contributed by atoms with Gasteiger partial charge in [-0.2, -0.15) is 0 Å². The number of nitro benzene ring substituents is 1. The van der Waals surface area contributed by atoms with Crippen LogP contribution in [-0.2, 0) is 9.59 Å². The first-order chi connectivity index (χ1) is 16.1. The van der Waals surface area contributed by atoms with E-state index in [1.165, 1.54) is 23.1 Å². The molecule has 0 saturated carbocycles. The van der Waals surface area contributed by atoms with Crippen LogP contribution in [0, 0.1) is 24.0 Å². The van der Waals surface area contributed by atoms with Crippen molar-refractivity contribution < 1.29 is 24.5 Å². The van der Waals surface area contributed by atoms with Gasteiger partial charge >= 0.3 is 0 Å². The molecule has 1 unspecified atom stereocenters. The number of carbonyl (C=O) groups excluding carboxylic acids is 2. The number of fused-ring (bicyclic) bond motifs is 1. The number of hydrogen-bond donors (Lipinski definition) is 1. The number of pyridine rings is 1. The lowest BCUT2D eigenvalue weighted by Crippen LogP contribution is -3.06. The molecule has 1 atom stereocenters. The van der Waals surface area contributed by atoms with Crippen molar-refractivity contribution in [3.8, 4) is 0 Å². The molecule has 1 fully saturated rings. The normalized spacial score (nSPS) is 17.8. The van der Waals surface area contributed by atoms with Crippen LogP contribution in [0.2, 0.25) is 0 Å². The summed E-state index contributed by atoms with van der Waals surface area (Å²) in [5, 5.41) is 25.2. The molecule has 4 rings (SSSR count). The van der Waals surface area contributed by atoms with Crippen LogP contribution in [0.3, 0.4) is 0 Å². The van der Waals surface area contributed by atoms with Crippen molar-refractivity contribution >= 4 is 28.8 Å². The minimum atomic E-state index is -1.03. The number of nitrogens with one attached hydrogen (secondary N) is 1. The molecule has 3 heterocycles. The van der Waals surface area contributed by atoms with Crippen LogP contribution in [0.25, 0.3) is 11.4 Å². The van der Waals surface area contributed by atoms with Crippen molar-refractivity contribution in [2.24, 2.45) is 0 Å². The Morgan fingerprint density at radius 3 is 2.59 bits per heavy atom. The summed E-state index contributed by atoms with van der Waals surface area (Å²) in [7, 11) is 3.81. The lowest BCUT2D eigenvalue weighted by Gasteiger charge is -2.27. The zero-order valence-corrected chi connectivity index (χ0v) is 19.4. The number of benzene rings is 1. The molecule has 1 aromatic carbocycles. The van der Waals surface area contributed by atoms with Gasteiger partial charge in [0, 0.05) is 23.9 Å². The fourth-order valence-electron chi connectivity index (χ4n) is 4.32. The quantitative estimate of drug-likeness (QED) is 0.183. The SMILES string of the molecule is Cc1nc2c(C)cccn2c1C([O-])=C1C(=O)C(=O)N(CC[NH+](C)C)C1c1cccc([N+](=O)[O-])c1. The standard InChI is InChI=1S/C24H25N5O5/c1-14-7-6-10-27-19(15(2)25-23(14)27)21(30)18-20(16-8-5-9-17(13-16)29(33)34)28(12-11-26(3)4)24(32)22(18)31/h5-10,13,20,30H,11-12H2,1-4H3. The summed E-state index contributed by atoms with van der Waals surface area (Å²) in [4.78, 5) is 44.0. The smallest absolute Gasteiger partial charge is 0.295 e. The van der Waals surface area contributed by atoms with Crippen LogP contribution in [0.15, 0.2) is 48.2 Å². The van der Waals surface area contributed by atoms with E-state index in [4.69, 9.17) is 0 Å². The summed E-state index contributed by atoms with van der Waals surface area (Å²) in [6.45, 7) is 4.28. The number of nitrogens with zero attached hydrogens (tertiary/aromatic N) is 4. The summed E-state index contributed by atoms with van der Waals surface area (Å²) < 4.78 is 1.62. The zero-order chi connectivity index (χ0) is 24.7. The molecule has 2 aromatic heterocycles. The Labute approximate surface area is 195 Å². The molecule has 1 amide bonds. The van der Waals surface area contributed by atoms with Gasteiger partial charge in [0.25, 0.3) is 11.6 Å². The second kappa shape index (κ2) is 8.71. The van der Waals surface area contributed by atoms with Crippen LogP contribution in [-0.4, -0.2) is 58.1 Å². The Kier molecular flexibility index (Phi) is 5.92. The maximum atomic E-state index is 13.9. The van der Waals surface area contributed by atoms with Gasteiger partial charge < -0.3 is 19.3 Å². The molecule has 176 valence electrons. The van der Waals surface area contributed by atoms with Crippen molar-refractivity contribution in [2.75, 3.05) is 27.2 Å². The molecule has 0 radical (unpaired) electrons. The minimum Gasteiger partial charge on any atom is -0.871 e. The highest BCUT2D eigenvalue weighted by molar-refractivity contribution is 6.46. The van der Waals surface area contributed by atoms with Gasteiger partial charge in [-0.3, -0.25) is 19.7 Å².